The fourth-order valence-corrected chi connectivity index (χ4v) is 1.56. The number of Topliss-reactive ketones (excluding diaryl/α,β-unsaturated/α-hetero) is 1. The monoisotopic (exact) mass is 191 g/mol. The van der Waals surface area contributed by atoms with Gasteiger partial charge in [-0.2, -0.15) is 0 Å². The average molecular weight is 191 g/mol. The number of likely N-dealkylation sites (tertiary alicyclic amines) is 1. The van der Waals surface area contributed by atoms with E-state index in [-0.39, 0.29) is 0 Å². The lowest BCUT2D eigenvalue weighted by Crippen LogP contribution is -2.34. The first kappa shape index (κ1) is 10.9. The van der Waals surface area contributed by atoms with E-state index >= 15 is 0 Å². The van der Waals surface area contributed by atoms with Crippen LogP contribution in [-0.2, 0) is 4.79 Å². The van der Waals surface area contributed by atoms with E-state index in [4.69, 9.17) is 0 Å². The van der Waals surface area contributed by atoms with Crippen LogP contribution in [0.25, 0.3) is 0 Å². The summed E-state index contributed by atoms with van der Waals surface area (Å²) in [5.74, 6) is 0.383. The van der Waals surface area contributed by atoms with Gasteiger partial charge >= 0.3 is 0 Å². The standard InChI is InChI=1S/C12H17NO/c1-3-5-11(4-2)10-13-8-6-12(14)7-9-13/h3-5H,1-2,6-10H2/b11-5+. The fraction of sp³-hybridized carbons (Fsp3) is 0.417. The van der Waals surface area contributed by atoms with Gasteiger partial charge in [0, 0.05) is 32.5 Å². The van der Waals surface area contributed by atoms with Crippen LogP contribution in [0, 0.1) is 0 Å². The Hall–Kier alpha value is -1.15. The van der Waals surface area contributed by atoms with Crippen molar-refractivity contribution in [1.29, 1.82) is 0 Å². The van der Waals surface area contributed by atoms with Gasteiger partial charge in [-0.3, -0.25) is 9.69 Å². The third-order valence-corrected chi connectivity index (χ3v) is 2.41. The van der Waals surface area contributed by atoms with Gasteiger partial charge in [0.05, 0.1) is 0 Å². The molecule has 0 N–H and O–H groups in total. The van der Waals surface area contributed by atoms with Crippen LogP contribution in [0.3, 0.4) is 0 Å². The number of allylic oxidation sites excluding steroid dienone is 2. The van der Waals surface area contributed by atoms with E-state index in [1.165, 1.54) is 0 Å². The fourth-order valence-electron chi connectivity index (χ4n) is 1.56. The number of ketones is 1. The molecule has 1 fully saturated rings. The smallest absolute Gasteiger partial charge is 0.135 e. The number of rotatable bonds is 4. The molecular formula is C12H17NO. The van der Waals surface area contributed by atoms with Crippen molar-refractivity contribution in [3.05, 3.63) is 37.0 Å². The van der Waals surface area contributed by atoms with E-state index in [0.29, 0.717) is 18.6 Å². The second-order valence-corrected chi connectivity index (χ2v) is 3.50. The summed E-state index contributed by atoms with van der Waals surface area (Å²) in [5, 5.41) is 0. The Balaban J connectivity index is 2.43. The normalized spacial score (nSPS) is 19.4. The Kier molecular flexibility index (Phi) is 4.33. The number of carbonyl (C=O) groups excluding carboxylic acids is 1. The minimum Gasteiger partial charge on any atom is -0.300 e. The Morgan fingerprint density at radius 2 is 2.00 bits per heavy atom. The molecule has 14 heavy (non-hydrogen) atoms. The third-order valence-electron chi connectivity index (χ3n) is 2.41. The van der Waals surface area contributed by atoms with Crippen molar-refractivity contribution in [1.82, 2.24) is 4.90 Å². The molecule has 0 saturated carbocycles. The quantitative estimate of drug-likeness (QED) is 0.633. The number of hydrogen-bond donors (Lipinski definition) is 0. The minimum atomic E-state index is 0.383. The SMILES string of the molecule is C=C/C=C(\C=C)CN1CCC(=O)CC1. The van der Waals surface area contributed by atoms with Gasteiger partial charge in [0.2, 0.25) is 0 Å². The number of nitrogens with zero attached hydrogens (tertiary/aromatic N) is 1. The third kappa shape index (κ3) is 3.30. The summed E-state index contributed by atoms with van der Waals surface area (Å²) in [4.78, 5) is 13.3. The van der Waals surface area contributed by atoms with Gasteiger partial charge in [0.1, 0.15) is 5.78 Å². The lowest BCUT2D eigenvalue weighted by molar-refractivity contribution is -0.121. The molecule has 0 aliphatic carbocycles. The molecule has 2 heteroatoms. The molecule has 1 rings (SSSR count). The molecule has 1 aliphatic rings. The maximum Gasteiger partial charge on any atom is 0.135 e. The first-order valence-electron chi connectivity index (χ1n) is 4.94. The summed E-state index contributed by atoms with van der Waals surface area (Å²) in [6, 6.07) is 0. The van der Waals surface area contributed by atoms with Crippen LogP contribution in [0.4, 0.5) is 0 Å². The first-order valence-corrected chi connectivity index (χ1v) is 4.94. The summed E-state index contributed by atoms with van der Waals surface area (Å²) in [6.45, 7) is 10.0. The van der Waals surface area contributed by atoms with E-state index in [9.17, 15) is 4.79 Å². The maximum atomic E-state index is 11.0. The van der Waals surface area contributed by atoms with Gasteiger partial charge < -0.3 is 0 Å². The molecule has 0 spiro atoms. The van der Waals surface area contributed by atoms with Crippen molar-refractivity contribution in [3.63, 3.8) is 0 Å². The van der Waals surface area contributed by atoms with Crippen molar-refractivity contribution in [2.75, 3.05) is 19.6 Å². The number of piperidine rings is 1. The van der Waals surface area contributed by atoms with Crippen LogP contribution in [0.1, 0.15) is 12.8 Å². The zero-order valence-electron chi connectivity index (χ0n) is 8.54. The Labute approximate surface area is 85.6 Å². The molecule has 0 atom stereocenters. The van der Waals surface area contributed by atoms with Crippen molar-refractivity contribution >= 4 is 5.78 Å². The lowest BCUT2D eigenvalue weighted by atomic mass is 10.1. The molecule has 0 aromatic heterocycles. The molecule has 0 radical (unpaired) electrons. The first-order chi connectivity index (χ1) is 6.76. The van der Waals surface area contributed by atoms with Crippen molar-refractivity contribution in [2.24, 2.45) is 0 Å². The molecule has 1 aliphatic heterocycles. The predicted octanol–water partition coefficient (Wildman–Crippen LogP) is 1.95. The van der Waals surface area contributed by atoms with E-state index in [2.05, 4.69) is 18.1 Å². The molecular weight excluding hydrogens is 174 g/mol. The molecule has 2 nitrogen and oxygen atoms in total. The van der Waals surface area contributed by atoms with Crippen molar-refractivity contribution in [2.45, 2.75) is 12.8 Å². The Morgan fingerprint density at radius 1 is 1.36 bits per heavy atom. The molecule has 1 heterocycles. The van der Waals surface area contributed by atoms with Crippen molar-refractivity contribution < 1.29 is 4.79 Å². The average Bonchev–Trinajstić information content (AvgIpc) is 2.20. The van der Waals surface area contributed by atoms with Gasteiger partial charge in [-0.1, -0.05) is 31.4 Å². The second-order valence-electron chi connectivity index (χ2n) is 3.50. The summed E-state index contributed by atoms with van der Waals surface area (Å²) in [6.07, 6.45) is 6.96. The number of hydrogen-bond acceptors (Lipinski definition) is 2. The molecule has 0 aromatic carbocycles. The van der Waals surface area contributed by atoms with E-state index in [1.807, 2.05) is 12.2 Å². The van der Waals surface area contributed by atoms with Gasteiger partial charge in [0.15, 0.2) is 0 Å². The lowest BCUT2D eigenvalue weighted by Gasteiger charge is -2.25. The zero-order chi connectivity index (χ0) is 10.4. The van der Waals surface area contributed by atoms with E-state index in [1.54, 1.807) is 6.08 Å². The van der Waals surface area contributed by atoms with Crippen LogP contribution in [0.15, 0.2) is 37.0 Å². The van der Waals surface area contributed by atoms with Gasteiger partial charge in [-0.25, -0.2) is 0 Å². The molecule has 0 unspecified atom stereocenters. The highest BCUT2D eigenvalue weighted by molar-refractivity contribution is 5.79. The molecule has 0 aromatic rings. The summed E-state index contributed by atoms with van der Waals surface area (Å²) >= 11 is 0. The Bertz CT molecular complexity index is 255. The molecule has 1 saturated heterocycles. The molecule has 0 bridgehead atoms. The largest absolute Gasteiger partial charge is 0.300 e. The van der Waals surface area contributed by atoms with Crippen molar-refractivity contribution in [3.8, 4) is 0 Å². The number of carbonyl (C=O) groups is 1. The van der Waals surface area contributed by atoms with Crippen LogP contribution in [0.2, 0.25) is 0 Å². The highest BCUT2D eigenvalue weighted by Gasteiger charge is 2.15. The van der Waals surface area contributed by atoms with Crippen LogP contribution in [0.5, 0.6) is 0 Å². The van der Waals surface area contributed by atoms with Crippen LogP contribution < -0.4 is 0 Å². The topological polar surface area (TPSA) is 20.3 Å². The highest BCUT2D eigenvalue weighted by atomic mass is 16.1. The minimum absolute atomic E-state index is 0.383. The maximum absolute atomic E-state index is 11.0. The van der Waals surface area contributed by atoms with Crippen LogP contribution >= 0.6 is 0 Å². The summed E-state index contributed by atoms with van der Waals surface area (Å²) in [5.41, 5.74) is 1.16. The van der Waals surface area contributed by atoms with Gasteiger partial charge in [-0.15, -0.1) is 0 Å². The van der Waals surface area contributed by atoms with E-state index < -0.39 is 0 Å². The van der Waals surface area contributed by atoms with Crippen LogP contribution in [-0.4, -0.2) is 30.3 Å². The predicted molar refractivity (Wildman–Crippen MR) is 59.2 cm³/mol. The summed E-state index contributed by atoms with van der Waals surface area (Å²) in [7, 11) is 0. The molecule has 76 valence electrons. The molecule has 0 amide bonds. The van der Waals surface area contributed by atoms with Gasteiger partial charge in [-0.05, 0) is 5.57 Å². The summed E-state index contributed by atoms with van der Waals surface area (Å²) < 4.78 is 0. The highest BCUT2D eigenvalue weighted by Crippen LogP contribution is 2.08. The Morgan fingerprint density at radius 3 is 2.50 bits per heavy atom. The second kappa shape index (κ2) is 5.55. The van der Waals surface area contributed by atoms with Gasteiger partial charge in [0.25, 0.3) is 0 Å². The van der Waals surface area contributed by atoms with E-state index in [0.717, 1.165) is 25.2 Å². The zero-order valence-corrected chi connectivity index (χ0v) is 8.54.